The Hall–Kier alpha value is -1.07. The summed E-state index contributed by atoms with van der Waals surface area (Å²) in [7, 11) is 0. The third kappa shape index (κ3) is 3.77. The second kappa shape index (κ2) is 7.27. The number of benzene rings is 1. The van der Waals surface area contributed by atoms with Gasteiger partial charge in [0.25, 0.3) is 0 Å². The number of nitrogens with zero attached hydrogens (tertiary/aromatic N) is 2. The summed E-state index contributed by atoms with van der Waals surface area (Å²) in [6.07, 6.45) is 4.12. The fraction of sp³-hybridized carbons (Fsp3) is 0.400. The van der Waals surface area contributed by atoms with Crippen LogP contribution in [0.1, 0.15) is 18.5 Å². The molecule has 1 fully saturated rings. The number of likely N-dealkylation sites (tertiary alicyclic amines) is 1. The van der Waals surface area contributed by atoms with Gasteiger partial charge in [0.1, 0.15) is 6.26 Å². The van der Waals surface area contributed by atoms with Crippen LogP contribution in [-0.4, -0.2) is 29.0 Å². The van der Waals surface area contributed by atoms with Crippen LogP contribution in [0.25, 0.3) is 11.5 Å². The lowest BCUT2D eigenvalue weighted by Gasteiger charge is -2.21. The Morgan fingerprint density at radius 1 is 1.33 bits per heavy atom. The van der Waals surface area contributed by atoms with E-state index in [1.54, 1.807) is 6.26 Å². The van der Waals surface area contributed by atoms with Gasteiger partial charge in [0, 0.05) is 29.7 Å². The Kier molecular flexibility index (Phi) is 5.65. The van der Waals surface area contributed by atoms with Crippen molar-refractivity contribution in [2.75, 3.05) is 13.1 Å². The smallest absolute Gasteiger partial charge is 0.226 e. The van der Waals surface area contributed by atoms with Crippen LogP contribution in [0.4, 0.5) is 0 Å². The molecule has 2 aromatic rings. The summed E-state index contributed by atoms with van der Waals surface area (Å²) in [6, 6.07) is 7.98. The highest BCUT2D eigenvalue weighted by Crippen LogP contribution is 2.23. The van der Waals surface area contributed by atoms with Gasteiger partial charge in [-0.2, -0.15) is 0 Å². The van der Waals surface area contributed by atoms with E-state index in [0.717, 1.165) is 24.3 Å². The van der Waals surface area contributed by atoms with Crippen molar-refractivity contribution in [1.29, 1.82) is 0 Å². The highest BCUT2D eigenvalue weighted by atomic mass is 35.5. The van der Waals surface area contributed by atoms with Gasteiger partial charge < -0.3 is 10.2 Å². The van der Waals surface area contributed by atoms with Crippen LogP contribution >= 0.6 is 24.0 Å². The molecule has 1 aromatic carbocycles. The predicted molar refractivity (Wildman–Crippen MR) is 86.7 cm³/mol. The summed E-state index contributed by atoms with van der Waals surface area (Å²) < 4.78 is 5.56. The van der Waals surface area contributed by atoms with E-state index in [2.05, 4.69) is 9.88 Å². The maximum atomic E-state index is 5.88. The molecule has 0 bridgehead atoms. The number of nitrogens with two attached hydrogens (primary N) is 1. The summed E-state index contributed by atoms with van der Waals surface area (Å²) in [6.45, 7) is 2.60. The minimum atomic E-state index is 0. The Balaban J connectivity index is 0.00000161. The van der Waals surface area contributed by atoms with Crippen molar-refractivity contribution in [3.8, 4) is 11.5 Å². The molecule has 21 heavy (non-hydrogen) atoms. The van der Waals surface area contributed by atoms with Gasteiger partial charge in [0.2, 0.25) is 5.89 Å². The van der Waals surface area contributed by atoms with Crippen LogP contribution in [0.15, 0.2) is 34.9 Å². The van der Waals surface area contributed by atoms with Crippen molar-refractivity contribution in [3.05, 3.63) is 41.2 Å². The zero-order valence-electron chi connectivity index (χ0n) is 11.7. The van der Waals surface area contributed by atoms with E-state index in [4.69, 9.17) is 21.8 Å². The number of halogens is 2. The lowest BCUT2D eigenvalue weighted by atomic mass is 10.2. The van der Waals surface area contributed by atoms with Crippen molar-refractivity contribution >= 4 is 24.0 Å². The normalized spacial score (nSPS) is 18.7. The van der Waals surface area contributed by atoms with E-state index in [-0.39, 0.29) is 12.4 Å². The van der Waals surface area contributed by atoms with Gasteiger partial charge in [-0.3, -0.25) is 4.90 Å². The molecule has 2 N–H and O–H groups in total. The minimum absolute atomic E-state index is 0. The van der Waals surface area contributed by atoms with E-state index in [1.165, 1.54) is 12.8 Å². The molecule has 1 aliphatic rings. The van der Waals surface area contributed by atoms with E-state index in [1.807, 2.05) is 24.3 Å². The van der Waals surface area contributed by atoms with Crippen molar-refractivity contribution in [1.82, 2.24) is 9.88 Å². The summed E-state index contributed by atoms with van der Waals surface area (Å²) >= 11 is 5.88. The van der Waals surface area contributed by atoms with Crippen LogP contribution in [0.5, 0.6) is 0 Å². The van der Waals surface area contributed by atoms with Crippen LogP contribution in [0.3, 0.4) is 0 Å². The molecular weight excluding hydrogens is 309 g/mol. The number of aromatic nitrogens is 1. The van der Waals surface area contributed by atoms with E-state index < -0.39 is 0 Å². The fourth-order valence-electron chi connectivity index (χ4n) is 2.68. The molecule has 0 amide bonds. The van der Waals surface area contributed by atoms with Gasteiger partial charge in [0.05, 0.1) is 5.69 Å². The number of oxazole rings is 1. The highest BCUT2D eigenvalue weighted by molar-refractivity contribution is 6.30. The molecule has 0 saturated carbocycles. The Morgan fingerprint density at radius 2 is 2.10 bits per heavy atom. The van der Waals surface area contributed by atoms with E-state index in [0.29, 0.717) is 23.5 Å². The molecule has 0 aliphatic carbocycles. The average molecular weight is 328 g/mol. The fourth-order valence-corrected chi connectivity index (χ4v) is 2.81. The van der Waals surface area contributed by atoms with Gasteiger partial charge in [-0.05, 0) is 43.7 Å². The quantitative estimate of drug-likeness (QED) is 0.935. The van der Waals surface area contributed by atoms with Crippen molar-refractivity contribution in [2.45, 2.75) is 25.4 Å². The predicted octanol–water partition coefficient (Wildman–Crippen LogP) is 3.34. The molecule has 3 rings (SSSR count). The molecule has 1 unspecified atom stereocenters. The van der Waals surface area contributed by atoms with Crippen molar-refractivity contribution < 1.29 is 4.42 Å². The summed E-state index contributed by atoms with van der Waals surface area (Å²) in [5.74, 6) is 0.639. The Labute approximate surface area is 135 Å². The molecular formula is C15H19Cl2N3O. The summed E-state index contributed by atoms with van der Waals surface area (Å²) in [4.78, 5) is 6.93. The zero-order chi connectivity index (χ0) is 13.9. The lowest BCUT2D eigenvalue weighted by Crippen LogP contribution is -2.34. The molecule has 1 saturated heterocycles. The van der Waals surface area contributed by atoms with Crippen molar-refractivity contribution in [2.24, 2.45) is 5.73 Å². The molecule has 114 valence electrons. The van der Waals surface area contributed by atoms with Crippen LogP contribution in [0.2, 0.25) is 5.02 Å². The maximum Gasteiger partial charge on any atom is 0.226 e. The molecule has 1 atom stereocenters. The minimum Gasteiger partial charge on any atom is -0.444 e. The molecule has 2 heterocycles. The number of hydrogen-bond acceptors (Lipinski definition) is 4. The zero-order valence-corrected chi connectivity index (χ0v) is 13.2. The maximum absolute atomic E-state index is 5.88. The second-order valence-electron chi connectivity index (χ2n) is 5.15. The van der Waals surface area contributed by atoms with Gasteiger partial charge in [-0.15, -0.1) is 12.4 Å². The third-order valence-corrected chi connectivity index (χ3v) is 4.03. The van der Waals surface area contributed by atoms with Gasteiger partial charge >= 0.3 is 0 Å². The third-order valence-electron chi connectivity index (χ3n) is 3.78. The van der Waals surface area contributed by atoms with Gasteiger partial charge in [-0.1, -0.05) is 11.6 Å². The standard InChI is InChI=1S/C15H18ClN3O.ClH/c16-12-5-3-11(4-6-12)15-18-13(10-20-15)9-19-7-1-2-14(19)8-17;/h3-6,10,14H,1-2,7-9,17H2;1H. The number of hydrogen-bond donors (Lipinski definition) is 1. The topological polar surface area (TPSA) is 55.3 Å². The van der Waals surface area contributed by atoms with Crippen LogP contribution in [-0.2, 0) is 6.54 Å². The first-order chi connectivity index (χ1) is 9.76. The van der Waals surface area contributed by atoms with Crippen LogP contribution in [0, 0.1) is 0 Å². The first-order valence-electron chi connectivity index (χ1n) is 6.91. The van der Waals surface area contributed by atoms with E-state index in [9.17, 15) is 0 Å². The molecule has 4 nitrogen and oxygen atoms in total. The second-order valence-corrected chi connectivity index (χ2v) is 5.59. The van der Waals surface area contributed by atoms with Crippen LogP contribution < -0.4 is 5.73 Å². The SMILES string of the molecule is Cl.NCC1CCCN1Cc1coc(-c2ccc(Cl)cc2)n1. The lowest BCUT2D eigenvalue weighted by molar-refractivity contribution is 0.247. The largest absolute Gasteiger partial charge is 0.444 e. The molecule has 1 aliphatic heterocycles. The van der Waals surface area contributed by atoms with E-state index >= 15 is 0 Å². The van der Waals surface area contributed by atoms with Crippen molar-refractivity contribution in [3.63, 3.8) is 0 Å². The van der Waals surface area contributed by atoms with Gasteiger partial charge in [0.15, 0.2) is 0 Å². The summed E-state index contributed by atoms with van der Waals surface area (Å²) in [5.41, 5.74) is 7.69. The number of rotatable bonds is 4. The first kappa shape index (κ1) is 16.3. The molecule has 6 heteroatoms. The molecule has 0 spiro atoms. The summed E-state index contributed by atoms with van der Waals surface area (Å²) in [5, 5.41) is 0.711. The average Bonchev–Trinajstić information content (AvgIpc) is 3.09. The Morgan fingerprint density at radius 3 is 2.81 bits per heavy atom. The Bertz CT molecular complexity index is 571. The molecule has 0 radical (unpaired) electrons. The monoisotopic (exact) mass is 327 g/mol. The van der Waals surface area contributed by atoms with Gasteiger partial charge in [-0.25, -0.2) is 4.98 Å². The highest BCUT2D eigenvalue weighted by Gasteiger charge is 2.24. The first-order valence-corrected chi connectivity index (χ1v) is 7.28. The molecule has 1 aromatic heterocycles.